The molecule has 0 heterocycles. The molecule has 0 saturated heterocycles. The van der Waals surface area contributed by atoms with Crippen molar-refractivity contribution >= 4 is 27.8 Å². The van der Waals surface area contributed by atoms with Crippen molar-refractivity contribution in [2.45, 2.75) is 83.5 Å². The van der Waals surface area contributed by atoms with Gasteiger partial charge in [0.1, 0.15) is 0 Å². The van der Waals surface area contributed by atoms with E-state index < -0.39 is 0 Å². The van der Waals surface area contributed by atoms with E-state index in [1.54, 1.807) is 0 Å². The molecule has 0 radical (unpaired) electrons. The molecule has 0 N–H and O–H groups in total. The highest BCUT2D eigenvalue weighted by Crippen LogP contribution is 2.52. The average molecular weight is 702 g/mol. The zero-order valence-corrected chi connectivity index (χ0v) is 32.5. The maximum Gasteiger partial charge on any atom is 0.0540 e. The molecule has 1 fully saturated rings. The molecule has 0 aliphatic heterocycles. The summed E-state index contributed by atoms with van der Waals surface area (Å²) in [4.78, 5) is 2.55. The van der Waals surface area contributed by atoms with Crippen LogP contribution in [0.2, 0.25) is 0 Å². The third kappa shape index (κ3) is 5.86. The van der Waals surface area contributed by atoms with Gasteiger partial charge in [-0.25, -0.2) is 0 Å². The molecule has 0 atom stereocenters. The summed E-state index contributed by atoms with van der Waals surface area (Å²) < 4.78 is 0. The molecule has 0 aromatic heterocycles. The first-order valence-electron chi connectivity index (χ1n) is 20.1. The standard InChI is InChI=1S/C53H51N/c1-52(2,3)39-31-29-37(30-32-39)41-21-10-13-27-49(41)54(40-33-34-44-43-22-9-12-26-47(43)53(4,5)48(44)35-40)50-28-14-11-23-45(50)46-25-16-20-38-19-15-24-42(51(38)46)36-17-7-6-8-18-36/h9-16,19-36H,6-8,17-18H2,1-5H3. The predicted molar refractivity (Wildman–Crippen MR) is 232 cm³/mol. The second-order valence-corrected chi connectivity index (χ2v) is 17.2. The molecule has 1 nitrogen and oxygen atoms in total. The Labute approximate surface area is 322 Å². The fraction of sp³-hybridized carbons (Fsp3) is 0.245. The first-order valence-corrected chi connectivity index (χ1v) is 20.1. The SMILES string of the molecule is CC(C)(C)c1ccc(-c2ccccc2N(c2ccc3c(c2)C(C)(C)c2ccccc2-3)c2ccccc2-c2cccc3cccc(C4CCCCC4)c23)cc1. The monoisotopic (exact) mass is 701 g/mol. The second-order valence-electron chi connectivity index (χ2n) is 17.2. The van der Waals surface area contributed by atoms with Crippen LogP contribution in [-0.2, 0) is 10.8 Å². The van der Waals surface area contributed by atoms with Crippen LogP contribution in [0.5, 0.6) is 0 Å². The van der Waals surface area contributed by atoms with Gasteiger partial charge in [0, 0.05) is 22.2 Å². The summed E-state index contributed by atoms with van der Waals surface area (Å²) in [6.45, 7) is 11.6. The summed E-state index contributed by atoms with van der Waals surface area (Å²) in [5, 5.41) is 2.74. The zero-order chi connectivity index (χ0) is 37.0. The van der Waals surface area contributed by atoms with Gasteiger partial charge in [-0.2, -0.15) is 0 Å². The highest BCUT2D eigenvalue weighted by molar-refractivity contribution is 6.04. The Morgan fingerprint density at radius 3 is 1.83 bits per heavy atom. The first-order chi connectivity index (χ1) is 26.2. The molecule has 1 saturated carbocycles. The number of hydrogen-bond donors (Lipinski definition) is 0. The van der Waals surface area contributed by atoms with Crippen molar-refractivity contribution in [2.24, 2.45) is 0 Å². The van der Waals surface area contributed by atoms with Crippen LogP contribution in [0.25, 0.3) is 44.2 Å². The van der Waals surface area contributed by atoms with Gasteiger partial charge in [0.05, 0.1) is 11.4 Å². The molecular formula is C53H51N. The molecule has 1 heteroatoms. The lowest BCUT2D eigenvalue weighted by atomic mass is 9.80. The van der Waals surface area contributed by atoms with Gasteiger partial charge in [-0.15, -0.1) is 0 Å². The normalized spacial score (nSPS) is 15.2. The minimum Gasteiger partial charge on any atom is -0.309 e. The summed E-state index contributed by atoms with van der Waals surface area (Å²) in [6, 6.07) is 57.4. The van der Waals surface area contributed by atoms with Crippen LogP contribution >= 0.6 is 0 Å². The molecule has 9 rings (SSSR count). The van der Waals surface area contributed by atoms with Crippen molar-refractivity contribution in [1.82, 2.24) is 0 Å². The Morgan fingerprint density at radius 2 is 1.11 bits per heavy atom. The average Bonchev–Trinajstić information content (AvgIpc) is 3.43. The third-order valence-electron chi connectivity index (χ3n) is 12.4. The Balaban J connectivity index is 1.29. The molecule has 2 aliphatic carbocycles. The summed E-state index contributed by atoms with van der Waals surface area (Å²) in [7, 11) is 0. The minimum atomic E-state index is -0.111. The zero-order valence-electron chi connectivity index (χ0n) is 32.5. The highest BCUT2D eigenvalue weighted by atomic mass is 15.1. The van der Waals surface area contributed by atoms with Crippen LogP contribution in [0.4, 0.5) is 17.1 Å². The maximum atomic E-state index is 2.55. The Morgan fingerprint density at radius 1 is 0.519 bits per heavy atom. The van der Waals surface area contributed by atoms with Crippen molar-refractivity contribution in [2.75, 3.05) is 4.90 Å². The highest BCUT2D eigenvalue weighted by Gasteiger charge is 2.36. The number of para-hydroxylation sites is 2. The molecule has 2 aliphatic rings. The summed E-state index contributed by atoms with van der Waals surface area (Å²) in [5.41, 5.74) is 16.8. The van der Waals surface area contributed by atoms with Crippen molar-refractivity contribution < 1.29 is 0 Å². The van der Waals surface area contributed by atoms with Crippen LogP contribution in [0.15, 0.2) is 152 Å². The van der Waals surface area contributed by atoms with Gasteiger partial charge in [0.2, 0.25) is 0 Å². The Hall–Kier alpha value is -5.40. The second kappa shape index (κ2) is 13.5. The quantitative estimate of drug-likeness (QED) is 0.167. The molecule has 54 heavy (non-hydrogen) atoms. The van der Waals surface area contributed by atoms with Crippen LogP contribution in [0, 0.1) is 0 Å². The molecule has 0 amide bonds. The fourth-order valence-corrected chi connectivity index (χ4v) is 9.55. The molecule has 0 spiro atoms. The van der Waals surface area contributed by atoms with Gasteiger partial charge in [-0.3, -0.25) is 0 Å². The van der Waals surface area contributed by atoms with Crippen LogP contribution in [0.3, 0.4) is 0 Å². The van der Waals surface area contributed by atoms with E-state index in [1.807, 2.05) is 0 Å². The molecule has 7 aromatic carbocycles. The summed E-state index contributed by atoms with van der Waals surface area (Å²) in [5.74, 6) is 0.601. The summed E-state index contributed by atoms with van der Waals surface area (Å²) in [6.07, 6.45) is 6.54. The van der Waals surface area contributed by atoms with Gasteiger partial charge in [-0.1, -0.05) is 181 Å². The van der Waals surface area contributed by atoms with E-state index in [4.69, 9.17) is 0 Å². The van der Waals surface area contributed by atoms with E-state index in [0.29, 0.717) is 5.92 Å². The number of rotatable bonds is 6. The summed E-state index contributed by atoms with van der Waals surface area (Å²) >= 11 is 0. The van der Waals surface area contributed by atoms with E-state index >= 15 is 0 Å². The Bertz CT molecular complexity index is 2480. The van der Waals surface area contributed by atoms with Crippen LogP contribution in [-0.4, -0.2) is 0 Å². The van der Waals surface area contributed by atoms with E-state index in [-0.39, 0.29) is 10.8 Å². The number of benzene rings is 7. The van der Waals surface area contributed by atoms with Crippen molar-refractivity contribution in [3.8, 4) is 33.4 Å². The van der Waals surface area contributed by atoms with Crippen molar-refractivity contribution in [3.63, 3.8) is 0 Å². The number of hydrogen-bond acceptors (Lipinski definition) is 1. The van der Waals surface area contributed by atoms with Gasteiger partial charge in [0.25, 0.3) is 0 Å². The molecular weight excluding hydrogens is 651 g/mol. The van der Waals surface area contributed by atoms with Gasteiger partial charge in [0.15, 0.2) is 0 Å². The fourth-order valence-electron chi connectivity index (χ4n) is 9.55. The van der Waals surface area contributed by atoms with Gasteiger partial charge in [-0.05, 0) is 104 Å². The number of nitrogens with zero attached hydrogens (tertiary/aromatic N) is 1. The Kier molecular flexibility index (Phi) is 8.57. The largest absolute Gasteiger partial charge is 0.309 e. The smallest absolute Gasteiger partial charge is 0.0540 e. The predicted octanol–water partition coefficient (Wildman–Crippen LogP) is 15.3. The van der Waals surface area contributed by atoms with Gasteiger partial charge >= 0.3 is 0 Å². The number of fused-ring (bicyclic) bond motifs is 4. The van der Waals surface area contributed by atoms with E-state index in [1.165, 1.54) is 116 Å². The molecule has 7 aromatic rings. The lowest BCUT2D eigenvalue weighted by molar-refractivity contribution is 0.445. The third-order valence-corrected chi connectivity index (χ3v) is 12.4. The van der Waals surface area contributed by atoms with Crippen molar-refractivity contribution in [1.29, 1.82) is 0 Å². The van der Waals surface area contributed by atoms with Crippen LogP contribution < -0.4 is 4.90 Å². The van der Waals surface area contributed by atoms with E-state index in [9.17, 15) is 0 Å². The minimum absolute atomic E-state index is 0.0900. The lowest BCUT2D eigenvalue weighted by Gasteiger charge is -2.32. The van der Waals surface area contributed by atoms with Gasteiger partial charge < -0.3 is 4.90 Å². The van der Waals surface area contributed by atoms with E-state index in [2.05, 4.69) is 191 Å². The maximum absolute atomic E-state index is 2.55. The van der Waals surface area contributed by atoms with Crippen LogP contribution in [0.1, 0.15) is 94.9 Å². The lowest BCUT2D eigenvalue weighted by Crippen LogP contribution is -2.17. The van der Waals surface area contributed by atoms with Crippen molar-refractivity contribution in [3.05, 3.63) is 174 Å². The molecule has 0 bridgehead atoms. The molecule has 268 valence electrons. The number of anilines is 3. The first kappa shape index (κ1) is 34.4. The topological polar surface area (TPSA) is 3.24 Å². The molecule has 0 unspecified atom stereocenters. The van der Waals surface area contributed by atoms with E-state index in [0.717, 1.165) is 0 Å².